The fourth-order valence-electron chi connectivity index (χ4n) is 3.21. The fourth-order valence-corrected chi connectivity index (χ4v) is 4.07. The van der Waals surface area contributed by atoms with Gasteiger partial charge in [-0.15, -0.1) is 0 Å². The van der Waals surface area contributed by atoms with Gasteiger partial charge in [-0.3, -0.25) is 0 Å². The average Bonchev–Trinajstić information content (AvgIpc) is 3.34. The third-order valence-corrected chi connectivity index (χ3v) is 5.75. The number of benzene rings is 2. The van der Waals surface area contributed by atoms with E-state index in [2.05, 4.69) is 10.1 Å². The number of halogens is 3. The summed E-state index contributed by atoms with van der Waals surface area (Å²) in [6.07, 6.45) is 5.03. The molecule has 0 amide bonds. The van der Waals surface area contributed by atoms with Gasteiger partial charge >= 0.3 is 0 Å². The van der Waals surface area contributed by atoms with Crippen LogP contribution < -0.4 is 0 Å². The maximum Gasteiger partial charge on any atom is 0.138 e. The maximum absolute atomic E-state index is 6.65. The molecule has 0 aliphatic rings. The number of rotatable bonds is 7. The third kappa shape index (κ3) is 4.55. The van der Waals surface area contributed by atoms with Crippen LogP contribution in [0.1, 0.15) is 22.9 Å². The molecule has 0 aliphatic carbocycles. The summed E-state index contributed by atoms with van der Waals surface area (Å²) in [5, 5.41) is 6.24. The molecule has 5 nitrogen and oxygen atoms in total. The monoisotopic (exact) mass is 460 g/mol. The minimum Gasteiger partial charge on any atom is -0.367 e. The summed E-state index contributed by atoms with van der Waals surface area (Å²) in [6, 6.07) is 15.2. The Bertz CT molecular complexity index is 1130. The Balaban J connectivity index is 1.60. The molecule has 0 N–H and O–H groups in total. The van der Waals surface area contributed by atoms with Crippen molar-refractivity contribution >= 4 is 34.8 Å². The van der Waals surface area contributed by atoms with Crippen LogP contribution in [0, 0.1) is 6.92 Å². The summed E-state index contributed by atoms with van der Waals surface area (Å²) in [5.74, 6) is 0. The largest absolute Gasteiger partial charge is 0.367 e. The van der Waals surface area contributed by atoms with Crippen LogP contribution in [0.2, 0.25) is 15.2 Å². The van der Waals surface area contributed by atoms with E-state index in [1.807, 2.05) is 54.1 Å². The first-order valence-electron chi connectivity index (χ1n) is 9.34. The van der Waals surface area contributed by atoms with Crippen LogP contribution in [-0.4, -0.2) is 19.3 Å². The molecule has 0 spiro atoms. The summed E-state index contributed by atoms with van der Waals surface area (Å²) < 4.78 is 9.97. The molecular weight excluding hydrogens is 443 g/mol. The minimum atomic E-state index is -0.320. The lowest BCUT2D eigenvalue weighted by atomic mass is 10.1. The van der Waals surface area contributed by atoms with Crippen molar-refractivity contribution in [1.82, 2.24) is 19.3 Å². The van der Waals surface area contributed by atoms with Gasteiger partial charge in [0.15, 0.2) is 0 Å². The van der Waals surface area contributed by atoms with Crippen LogP contribution in [0.5, 0.6) is 0 Å². The average molecular weight is 462 g/mol. The molecule has 4 rings (SSSR count). The molecule has 1 atom stereocenters. The van der Waals surface area contributed by atoms with Gasteiger partial charge in [-0.05, 0) is 31.2 Å². The maximum atomic E-state index is 6.65. The molecule has 2 heterocycles. The molecule has 30 heavy (non-hydrogen) atoms. The molecule has 0 saturated carbocycles. The molecular formula is C22H19Cl3N4O. The van der Waals surface area contributed by atoms with E-state index < -0.39 is 0 Å². The van der Waals surface area contributed by atoms with Crippen molar-refractivity contribution < 1.29 is 4.74 Å². The van der Waals surface area contributed by atoms with Gasteiger partial charge in [0.2, 0.25) is 0 Å². The highest BCUT2D eigenvalue weighted by Gasteiger charge is 2.20. The Morgan fingerprint density at radius 1 is 1.07 bits per heavy atom. The van der Waals surface area contributed by atoms with E-state index in [4.69, 9.17) is 39.5 Å². The minimum absolute atomic E-state index is 0.288. The Morgan fingerprint density at radius 3 is 2.57 bits per heavy atom. The Hall–Kier alpha value is -2.31. The predicted octanol–water partition coefficient (Wildman–Crippen LogP) is 6.30. The summed E-state index contributed by atoms with van der Waals surface area (Å²) >= 11 is 19.2. The van der Waals surface area contributed by atoms with Crippen molar-refractivity contribution in [2.75, 3.05) is 0 Å². The van der Waals surface area contributed by atoms with Gasteiger partial charge in [-0.25, -0.2) is 9.67 Å². The number of hydrogen-bond acceptors (Lipinski definition) is 3. The smallest absolute Gasteiger partial charge is 0.138 e. The first-order valence-corrected chi connectivity index (χ1v) is 10.5. The number of nitrogens with zero attached hydrogens (tertiary/aromatic N) is 4. The lowest BCUT2D eigenvalue weighted by Crippen LogP contribution is -2.13. The standard InChI is InChI=1S/C22H19Cl3N4O/c1-15-19(22(25)29(27-15)17-5-3-2-4-6-17)13-30-21(12-28-10-9-26-14-28)18-8-7-16(23)11-20(18)24/h2-11,14,21H,12-13H2,1H3. The lowest BCUT2D eigenvalue weighted by Gasteiger charge is -2.20. The number of imidazole rings is 1. The molecule has 0 saturated heterocycles. The molecule has 0 aliphatic heterocycles. The molecule has 0 radical (unpaired) electrons. The van der Waals surface area contributed by atoms with Gasteiger partial charge in [0.1, 0.15) is 11.3 Å². The highest BCUT2D eigenvalue weighted by Crippen LogP contribution is 2.32. The van der Waals surface area contributed by atoms with Crippen molar-refractivity contribution in [2.24, 2.45) is 0 Å². The predicted molar refractivity (Wildman–Crippen MR) is 120 cm³/mol. The summed E-state index contributed by atoms with van der Waals surface area (Å²) in [5.41, 5.74) is 3.39. The van der Waals surface area contributed by atoms with Crippen LogP contribution in [-0.2, 0) is 17.9 Å². The SMILES string of the molecule is Cc1nn(-c2ccccc2)c(Cl)c1COC(Cn1ccnc1)c1ccc(Cl)cc1Cl. The van der Waals surface area contributed by atoms with E-state index in [9.17, 15) is 0 Å². The number of para-hydroxylation sites is 1. The van der Waals surface area contributed by atoms with Crippen molar-refractivity contribution in [1.29, 1.82) is 0 Å². The van der Waals surface area contributed by atoms with Gasteiger partial charge in [0.05, 0.1) is 30.9 Å². The van der Waals surface area contributed by atoms with E-state index in [0.29, 0.717) is 21.7 Å². The quantitative estimate of drug-likeness (QED) is 0.324. The second-order valence-electron chi connectivity index (χ2n) is 6.83. The fraction of sp³-hybridized carbons (Fsp3) is 0.182. The molecule has 4 aromatic rings. The van der Waals surface area contributed by atoms with Gasteiger partial charge in [0.25, 0.3) is 0 Å². The molecule has 8 heteroatoms. The third-order valence-electron chi connectivity index (χ3n) is 4.80. The van der Waals surface area contributed by atoms with Crippen molar-refractivity contribution in [3.8, 4) is 5.69 Å². The number of aryl methyl sites for hydroxylation is 1. The number of aromatic nitrogens is 4. The van der Waals surface area contributed by atoms with Crippen LogP contribution in [0.3, 0.4) is 0 Å². The summed E-state index contributed by atoms with van der Waals surface area (Å²) in [6.45, 7) is 2.75. The molecule has 2 aromatic carbocycles. The summed E-state index contributed by atoms with van der Waals surface area (Å²) in [7, 11) is 0. The highest BCUT2D eigenvalue weighted by molar-refractivity contribution is 6.35. The second kappa shape index (κ2) is 9.23. The van der Waals surface area contributed by atoms with Crippen molar-refractivity contribution in [2.45, 2.75) is 26.2 Å². The number of hydrogen-bond donors (Lipinski definition) is 0. The van der Waals surface area contributed by atoms with Gasteiger partial charge in [-0.2, -0.15) is 5.10 Å². The van der Waals surface area contributed by atoms with Gasteiger partial charge < -0.3 is 9.30 Å². The van der Waals surface area contributed by atoms with Crippen LogP contribution >= 0.6 is 34.8 Å². The van der Waals surface area contributed by atoms with Crippen LogP contribution in [0.25, 0.3) is 5.69 Å². The Kier molecular flexibility index (Phi) is 6.44. The summed E-state index contributed by atoms with van der Waals surface area (Å²) in [4.78, 5) is 4.11. The Morgan fingerprint density at radius 2 is 1.87 bits per heavy atom. The van der Waals surface area contributed by atoms with E-state index in [1.54, 1.807) is 29.3 Å². The van der Waals surface area contributed by atoms with Crippen LogP contribution in [0.15, 0.2) is 67.3 Å². The second-order valence-corrected chi connectivity index (χ2v) is 8.03. The van der Waals surface area contributed by atoms with E-state index in [1.165, 1.54) is 0 Å². The molecule has 2 aromatic heterocycles. The van der Waals surface area contributed by atoms with Gasteiger partial charge in [0, 0.05) is 33.6 Å². The van der Waals surface area contributed by atoms with E-state index in [-0.39, 0.29) is 12.7 Å². The Labute approximate surface area is 189 Å². The van der Waals surface area contributed by atoms with E-state index in [0.717, 1.165) is 22.5 Å². The molecule has 0 bridgehead atoms. The number of ether oxygens (including phenoxy) is 1. The van der Waals surface area contributed by atoms with Gasteiger partial charge in [-0.1, -0.05) is 59.1 Å². The van der Waals surface area contributed by atoms with Crippen molar-refractivity contribution in [3.63, 3.8) is 0 Å². The normalized spacial score (nSPS) is 12.3. The van der Waals surface area contributed by atoms with Crippen LogP contribution in [0.4, 0.5) is 0 Å². The first kappa shape index (κ1) is 20.9. The zero-order valence-electron chi connectivity index (χ0n) is 16.2. The lowest BCUT2D eigenvalue weighted by molar-refractivity contribution is 0.0278. The first-order chi connectivity index (χ1) is 14.5. The topological polar surface area (TPSA) is 44.9 Å². The zero-order valence-corrected chi connectivity index (χ0v) is 18.4. The molecule has 154 valence electrons. The molecule has 0 fully saturated rings. The van der Waals surface area contributed by atoms with E-state index >= 15 is 0 Å². The van der Waals surface area contributed by atoms with Crippen molar-refractivity contribution in [3.05, 3.63) is 99.3 Å². The zero-order chi connectivity index (χ0) is 21.1. The molecule has 1 unspecified atom stereocenters. The highest BCUT2D eigenvalue weighted by atomic mass is 35.5.